The fourth-order valence-corrected chi connectivity index (χ4v) is 1.67. The molecule has 1 aliphatic rings. The van der Waals surface area contributed by atoms with Crippen molar-refractivity contribution in [3.63, 3.8) is 0 Å². The lowest BCUT2D eigenvalue weighted by Gasteiger charge is -2.26. The van der Waals surface area contributed by atoms with Crippen LogP contribution < -0.4 is 10.6 Å². The minimum atomic E-state index is -0.287. The van der Waals surface area contributed by atoms with Gasteiger partial charge in [-0.3, -0.25) is 4.79 Å². The number of hydrogen-bond donors (Lipinski definition) is 2. The summed E-state index contributed by atoms with van der Waals surface area (Å²) in [4.78, 5) is 11.4. The molecular formula is C10H20N2O2. The molecule has 0 aliphatic carbocycles. The van der Waals surface area contributed by atoms with Crippen LogP contribution in [0.5, 0.6) is 0 Å². The summed E-state index contributed by atoms with van der Waals surface area (Å²) in [5.74, 6) is -0.0157. The quantitative estimate of drug-likeness (QED) is 0.685. The predicted molar refractivity (Wildman–Crippen MR) is 55.1 cm³/mol. The van der Waals surface area contributed by atoms with Gasteiger partial charge in [0.25, 0.3) is 0 Å². The van der Waals surface area contributed by atoms with Crippen LogP contribution in [0.15, 0.2) is 0 Å². The number of nitrogens with one attached hydrogen (secondary N) is 2. The SMILES string of the molecule is CC[C@@H](O[C@@H]1CCCNC1)C(=O)NC. The van der Waals surface area contributed by atoms with Gasteiger partial charge in [0.2, 0.25) is 5.91 Å². The molecule has 1 aliphatic heterocycles. The summed E-state index contributed by atoms with van der Waals surface area (Å²) < 4.78 is 5.72. The zero-order valence-corrected chi connectivity index (χ0v) is 9.01. The number of piperidine rings is 1. The molecule has 2 N–H and O–H groups in total. The Morgan fingerprint density at radius 1 is 1.71 bits per heavy atom. The fraction of sp³-hybridized carbons (Fsp3) is 0.900. The average Bonchev–Trinajstić information content (AvgIpc) is 2.26. The third kappa shape index (κ3) is 3.27. The van der Waals surface area contributed by atoms with Crippen molar-refractivity contribution >= 4 is 5.91 Å². The van der Waals surface area contributed by atoms with E-state index in [-0.39, 0.29) is 18.1 Å². The summed E-state index contributed by atoms with van der Waals surface area (Å²) in [6.07, 6.45) is 2.84. The van der Waals surface area contributed by atoms with E-state index in [0.29, 0.717) is 0 Å². The van der Waals surface area contributed by atoms with E-state index in [1.54, 1.807) is 7.05 Å². The van der Waals surface area contributed by atoms with Crippen molar-refractivity contribution in [3.05, 3.63) is 0 Å². The largest absolute Gasteiger partial charge is 0.364 e. The number of carbonyl (C=O) groups is 1. The van der Waals surface area contributed by atoms with Crippen molar-refractivity contribution < 1.29 is 9.53 Å². The monoisotopic (exact) mass is 200 g/mol. The van der Waals surface area contributed by atoms with Crippen LogP contribution in [0.25, 0.3) is 0 Å². The summed E-state index contributed by atoms with van der Waals surface area (Å²) in [6, 6.07) is 0. The van der Waals surface area contributed by atoms with Gasteiger partial charge in [-0.25, -0.2) is 0 Å². The molecule has 1 amide bonds. The average molecular weight is 200 g/mol. The standard InChI is InChI=1S/C10H20N2O2/c1-3-9(10(13)11-2)14-8-5-4-6-12-7-8/h8-9,12H,3-7H2,1-2H3,(H,11,13)/t8-,9-/m1/s1. The van der Waals surface area contributed by atoms with Crippen molar-refractivity contribution in [2.24, 2.45) is 0 Å². The number of rotatable bonds is 4. The van der Waals surface area contributed by atoms with E-state index in [1.165, 1.54) is 0 Å². The zero-order chi connectivity index (χ0) is 10.4. The van der Waals surface area contributed by atoms with E-state index in [9.17, 15) is 4.79 Å². The first-order valence-corrected chi connectivity index (χ1v) is 5.35. The van der Waals surface area contributed by atoms with Crippen LogP contribution in [-0.4, -0.2) is 38.3 Å². The third-order valence-electron chi connectivity index (χ3n) is 2.52. The summed E-state index contributed by atoms with van der Waals surface area (Å²) in [5, 5.41) is 5.89. The molecular weight excluding hydrogens is 180 g/mol. The van der Waals surface area contributed by atoms with Gasteiger partial charge in [-0.05, 0) is 25.8 Å². The molecule has 14 heavy (non-hydrogen) atoms. The maximum atomic E-state index is 11.4. The minimum absolute atomic E-state index is 0.0157. The molecule has 1 heterocycles. The molecule has 0 radical (unpaired) electrons. The van der Waals surface area contributed by atoms with Crippen LogP contribution in [-0.2, 0) is 9.53 Å². The van der Waals surface area contributed by atoms with Crippen LogP contribution in [0.3, 0.4) is 0 Å². The van der Waals surface area contributed by atoms with Crippen LogP contribution in [0.4, 0.5) is 0 Å². The Kier molecular flexibility index (Phi) is 4.90. The first kappa shape index (κ1) is 11.5. The van der Waals surface area contributed by atoms with Crippen molar-refractivity contribution in [2.75, 3.05) is 20.1 Å². The third-order valence-corrected chi connectivity index (χ3v) is 2.52. The lowest BCUT2D eigenvalue weighted by molar-refractivity contribution is -0.137. The predicted octanol–water partition coefficient (Wildman–Crippen LogP) is 0.280. The Bertz CT molecular complexity index is 179. The molecule has 0 aromatic carbocycles. The van der Waals surface area contributed by atoms with Crippen LogP contribution in [0.2, 0.25) is 0 Å². The fourth-order valence-electron chi connectivity index (χ4n) is 1.67. The Balaban J connectivity index is 2.34. The zero-order valence-electron chi connectivity index (χ0n) is 9.01. The smallest absolute Gasteiger partial charge is 0.248 e. The molecule has 0 saturated carbocycles. The van der Waals surface area contributed by atoms with E-state index < -0.39 is 0 Å². The minimum Gasteiger partial charge on any atom is -0.364 e. The van der Waals surface area contributed by atoms with E-state index in [0.717, 1.165) is 32.4 Å². The molecule has 1 saturated heterocycles. The molecule has 2 atom stereocenters. The number of likely N-dealkylation sites (N-methyl/N-ethyl adjacent to an activating group) is 1. The summed E-state index contributed by atoms with van der Waals surface area (Å²) in [5.41, 5.74) is 0. The molecule has 82 valence electrons. The summed E-state index contributed by atoms with van der Waals surface area (Å²) in [6.45, 7) is 3.90. The first-order chi connectivity index (χ1) is 6.77. The van der Waals surface area contributed by atoms with Gasteiger partial charge < -0.3 is 15.4 Å². The lowest BCUT2D eigenvalue weighted by atomic mass is 10.1. The van der Waals surface area contributed by atoms with Gasteiger partial charge in [0, 0.05) is 13.6 Å². The second-order valence-electron chi connectivity index (χ2n) is 3.62. The highest BCUT2D eigenvalue weighted by Crippen LogP contribution is 2.10. The van der Waals surface area contributed by atoms with Crippen molar-refractivity contribution in [2.45, 2.75) is 38.4 Å². The van der Waals surface area contributed by atoms with Crippen LogP contribution in [0, 0.1) is 0 Å². The van der Waals surface area contributed by atoms with Crippen LogP contribution >= 0.6 is 0 Å². The van der Waals surface area contributed by atoms with Gasteiger partial charge in [-0.2, -0.15) is 0 Å². The Morgan fingerprint density at radius 3 is 3.00 bits per heavy atom. The normalized spacial score (nSPS) is 24.3. The number of carbonyl (C=O) groups excluding carboxylic acids is 1. The van der Waals surface area contributed by atoms with Crippen LogP contribution in [0.1, 0.15) is 26.2 Å². The van der Waals surface area contributed by atoms with E-state index in [1.807, 2.05) is 6.92 Å². The molecule has 0 unspecified atom stereocenters. The van der Waals surface area contributed by atoms with Gasteiger partial charge in [0.15, 0.2) is 0 Å². The highest BCUT2D eigenvalue weighted by Gasteiger charge is 2.22. The second-order valence-corrected chi connectivity index (χ2v) is 3.62. The van der Waals surface area contributed by atoms with Gasteiger partial charge >= 0.3 is 0 Å². The molecule has 4 nitrogen and oxygen atoms in total. The Hall–Kier alpha value is -0.610. The second kappa shape index (κ2) is 5.98. The van der Waals surface area contributed by atoms with E-state index >= 15 is 0 Å². The number of hydrogen-bond acceptors (Lipinski definition) is 3. The number of amides is 1. The van der Waals surface area contributed by atoms with Gasteiger partial charge in [0.05, 0.1) is 6.10 Å². The van der Waals surface area contributed by atoms with Crippen molar-refractivity contribution in [1.82, 2.24) is 10.6 Å². The Morgan fingerprint density at radius 2 is 2.50 bits per heavy atom. The van der Waals surface area contributed by atoms with Crippen molar-refractivity contribution in [1.29, 1.82) is 0 Å². The maximum Gasteiger partial charge on any atom is 0.248 e. The number of ether oxygens (including phenoxy) is 1. The van der Waals surface area contributed by atoms with Gasteiger partial charge in [-0.1, -0.05) is 6.92 Å². The molecule has 1 fully saturated rings. The summed E-state index contributed by atoms with van der Waals surface area (Å²) in [7, 11) is 1.65. The van der Waals surface area contributed by atoms with Gasteiger partial charge in [-0.15, -0.1) is 0 Å². The highest BCUT2D eigenvalue weighted by molar-refractivity contribution is 5.80. The topological polar surface area (TPSA) is 50.4 Å². The molecule has 4 heteroatoms. The van der Waals surface area contributed by atoms with E-state index in [2.05, 4.69) is 10.6 Å². The molecule has 0 aromatic rings. The highest BCUT2D eigenvalue weighted by atomic mass is 16.5. The molecule has 0 aromatic heterocycles. The van der Waals surface area contributed by atoms with E-state index in [4.69, 9.17) is 4.74 Å². The molecule has 1 rings (SSSR count). The lowest BCUT2D eigenvalue weighted by Crippen LogP contribution is -2.42. The molecule has 0 spiro atoms. The molecule has 0 bridgehead atoms. The maximum absolute atomic E-state index is 11.4. The first-order valence-electron chi connectivity index (χ1n) is 5.35. The van der Waals surface area contributed by atoms with Gasteiger partial charge in [0.1, 0.15) is 6.10 Å². The van der Waals surface area contributed by atoms with Crippen molar-refractivity contribution in [3.8, 4) is 0 Å². The summed E-state index contributed by atoms with van der Waals surface area (Å²) >= 11 is 0. The Labute approximate surface area is 85.4 Å².